The Kier molecular flexibility index (Phi) is 5.96. The van der Waals surface area contributed by atoms with Crippen molar-refractivity contribution in [3.63, 3.8) is 0 Å². The van der Waals surface area contributed by atoms with E-state index in [4.69, 9.17) is 4.74 Å². The van der Waals surface area contributed by atoms with Crippen molar-refractivity contribution in [2.24, 2.45) is 11.8 Å². The summed E-state index contributed by atoms with van der Waals surface area (Å²) >= 11 is 0. The maximum atomic E-state index is 12.5. The lowest BCUT2D eigenvalue weighted by atomic mass is 9.87. The zero-order chi connectivity index (χ0) is 21.2. The molecule has 3 rings (SSSR count). The maximum absolute atomic E-state index is 12.5. The molecular formula is C24H30N2O3. The molecule has 2 amide bonds. The second kappa shape index (κ2) is 8.27. The monoisotopic (exact) mass is 394 g/mol. The minimum Gasteiger partial charge on any atom is -0.491 e. The second-order valence-electron chi connectivity index (χ2n) is 8.95. The van der Waals surface area contributed by atoms with Crippen molar-refractivity contribution < 1.29 is 14.3 Å². The molecule has 5 nitrogen and oxygen atoms in total. The van der Waals surface area contributed by atoms with Gasteiger partial charge in [0.05, 0.1) is 17.9 Å². The van der Waals surface area contributed by atoms with Crippen LogP contribution in [0.1, 0.15) is 46.6 Å². The number of nitrogens with one attached hydrogen (secondary N) is 2. The Balaban J connectivity index is 1.50. The van der Waals surface area contributed by atoms with Crippen molar-refractivity contribution in [2.45, 2.75) is 52.6 Å². The van der Waals surface area contributed by atoms with Gasteiger partial charge in [0.2, 0.25) is 11.8 Å². The summed E-state index contributed by atoms with van der Waals surface area (Å²) < 4.78 is 5.60. The van der Waals surface area contributed by atoms with Crippen molar-refractivity contribution in [1.82, 2.24) is 0 Å². The highest BCUT2D eigenvalue weighted by molar-refractivity contribution is 6.03. The normalized spacial score (nSPS) is 18.3. The van der Waals surface area contributed by atoms with E-state index in [-0.39, 0.29) is 35.2 Å². The maximum Gasteiger partial charge on any atom is 0.228 e. The number of amides is 2. The molecule has 0 aromatic heterocycles. The first-order valence-electron chi connectivity index (χ1n) is 10.1. The molecule has 0 aliphatic heterocycles. The Morgan fingerprint density at radius 1 is 0.862 bits per heavy atom. The molecule has 1 saturated carbocycles. The molecule has 0 heterocycles. The van der Waals surface area contributed by atoms with E-state index < -0.39 is 0 Å². The Morgan fingerprint density at radius 2 is 1.31 bits per heavy atom. The predicted octanol–water partition coefficient (Wildman–Crippen LogP) is 4.98. The fraction of sp³-hybridized carbons (Fsp3) is 0.417. The van der Waals surface area contributed by atoms with E-state index in [9.17, 15) is 9.59 Å². The number of carbonyl (C=O) groups excluding carboxylic acids is 2. The molecule has 154 valence electrons. The lowest BCUT2D eigenvalue weighted by Crippen LogP contribution is -2.20. The largest absolute Gasteiger partial charge is 0.491 e. The Labute approximate surface area is 172 Å². The van der Waals surface area contributed by atoms with Gasteiger partial charge in [0.1, 0.15) is 5.75 Å². The van der Waals surface area contributed by atoms with Gasteiger partial charge >= 0.3 is 0 Å². The Morgan fingerprint density at radius 3 is 1.72 bits per heavy atom. The molecule has 2 aromatic rings. The smallest absolute Gasteiger partial charge is 0.228 e. The molecule has 2 aromatic carbocycles. The number of anilines is 2. The van der Waals surface area contributed by atoms with Crippen LogP contribution in [0.3, 0.4) is 0 Å². The van der Waals surface area contributed by atoms with Crippen LogP contribution in [-0.2, 0) is 15.0 Å². The molecule has 2 unspecified atom stereocenters. The summed E-state index contributed by atoms with van der Waals surface area (Å²) in [6, 6.07) is 15.2. The number of carbonyl (C=O) groups is 2. The summed E-state index contributed by atoms with van der Waals surface area (Å²) in [6.07, 6.45) is 0.678. The number of rotatable bonds is 6. The van der Waals surface area contributed by atoms with E-state index in [0.717, 1.165) is 11.4 Å². The van der Waals surface area contributed by atoms with Crippen molar-refractivity contribution in [3.8, 4) is 5.75 Å². The van der Waals surface area contributed by atoms with E-state index in [1.165, 1.54) is 5.56 Å². The van der Waals surface area contributed by atoms with E-state index in [1.807, 2.05) is 62.4 Å². The topological polar surface area (TPSA) is 67.4 Å². The summed E-state index contributed by atoms with van der Waals surface area (Å²) in [5.74, 6) is -0.0180. The average molecular weight is 395 g/mol. The van der Waals surface area contributed by atoms with Gasteiger partial charge in [0.25, 0.3) is 0 Å². The summed E-state index contributed by atoms with van der Waals surface area (Å²) in [7, 11) is 0. The number of ether oxygens (including phenoxy) is 1. The van der Waals surface area contributed by atoms with E-state index in [2.05, 4.69) is 31.4 Å². The molecule has 1 fully saturated rings. The Bertz CT molecular complexity index is 864. The fourth-order valence-electron chi connectivity index (χ4n) is 3.19. The first-order valence-corrected chi connectivity index (χ1v) is 10.1. The lowest BCUT2D eigenvalue weighted by Gasteiger charge is -2.19. The van der Waals surface area contributed by atoms with Crippen LogP contribution in [0.2, 0.25) is 0 Å². The Hall–Kier alpha value is -2.82. The third kappa shape index (κ3) is 5.59. The van der Waals surface area contributed by atoms with Crippen molar-refractivity contribution in [2.75, 3.05) is 10.6 Å². The minimum absolute atomic E-state index is 0.0708. The van der Waals surface area contributed by atoms with Crippen LogP contribution >= 0.6 is 0 Å². The molecule has 0 spiro atoms. The molecular weight excluding hydrogens is 364 g/mol. The van der Waals surface area contributed by atoms with E-state index in [1.54, 1.807) is 0 Å². The van der Waals surface area contributed by atoms with Crippen LogP contribution in [0.5, 0.6) is 5.75 Å². The zero-order valence-electron chi connectivity index (χ0n) is 17.8. The van der Waals surface area contributed by atoms with Crippen LogP contribution < -0.4 is 15.4 Å². The molecule has 0 saturated heterocycles. The van der Waals surface area contributed by atoms with Gasteiger partial charge in [-0.2, -0.15) is 0 Å². The van der Waals surface area contributed by atoms with Gasteiger partial charge in [0, 0.05) is 11.4 Å². The van der Waals surface area contributed by atoms with Gasteiger partial charge in [-0.25, -0.2) is 0 Å². The van der Waals surface area contributed by atoms with Crippen LogP contribution in [0, 0.1) is 11.8 Å². The van der Waals surface area contributed by atoms with Gasteiger partial charge in [-0.05, 0) is 67.6 Å². The first-order chi connectivity index (χ1) is 13.6. The third-order valence-corrected chi connectivity index (χ3v) is 4.98. The van der Waals surface area contributed by atoms with Crippen molar-refractivity contribution in [3.05, 3.63) is 54.1 Å². The zero-order valence-corrected chi connectivity index (χ0v) is 17.8. The quantitative estimate of drug-likeness (QED) is 0.726. The minimum atomic E-state index is -0.282. The molecule has 2 N–H and O–H groups in total. The number of benzene rings is 2. The standard InChI is InChI=1S/C24H30N2O3/c1-15(2)29-19-12-10-18(11-13-19)26-23(28)21-14-20(21)22(27)25-17-8-6-16(7-9-17)24(3,4)5/h6-13,15,20-21H,14H2,1-5H3,(H,25,27)(H,26,28). The van der Waals surface area contributed by atoms with Crippen LogP contribution in [0.4, 0.5) is 11.4 Å². The van der Waals surface area contributed by atoms with Gasteiger partial charge in [-0.1, -0.05) is 32.9 Å². The van der Waals surface area contributed by atoms with Gasteiger partial charge < -0.3 is 15.4 Å². The van der Waals surface area contributed by atoms with Crippen molar-refractivity contribution >= 4 is 23.2 Å². The SMILES string of the molecule is CC(C)Oc1ccc(NC(=O)C2CC2C(=O)Nc2ccc(C(C)(C)C)cc2)cc1. The van der Waals surface area contributed by atoms with Crippen molar-refractivity contribution in [1.29, 1.82) is 0 Å². The average Bonchev–Trinajstić information content (AvgIpc) is 3.44. The van der Waals surface area contributed by atoms with Gasteiger partial charge in [0.15, 0.2) is 0 Å². The molecule has 29 heavy (non-hydrogen) atoms. The molecule has 2 atom stereocenters. The first kappa shape index (κ1) is 20.9. The van der Waals surface area contributed by atoms with Crippen LogP contribution in [-0.4, -0.2) is 17.9 Å². The highest BCUT2D eigenvalue weighted by atomic mass is 16.5. The highest BCUT2D eigenvalue weighted by Gasteiger charge is 2.48. The van der Waals surface area contributed by atoms with Gasteiger partial charge in [-0.3, -0.25) is 9.59 Å². The van der Waals surface area contributed by atoms with Crippen LogP contribution in [0.25, 0.3) is 0 Å². The second-order valence-corrected chi connectivity index (χ2v) is 8.95. The summed E-state index contributed by atoms with van der Waals surface area (Å²) in [4.78, 5) is 24.9. The third-order valence-electron chi connectivity index (χ3n) is 4.98. The highest BCUT2D eigenvalue weighted by Crippen LogP contribution is 2.40. The fourth-order valence-corrected chi connectivity index (χ4v) is 3.19. The van der Waals surface area contributed by atoms with Crippen LogP contribution in [0.15, 0.2) is 48.5 Å². The summed E-state index contributed by atoms with van der Waals surface area (Å²) in [6.45, 7) is 10.4. The number of hydrogen-bond donors (Lipinski definition) is 2. The van der Waals surface area contributed by atoms with Gasteiger partial charge in [-0.15, -0.1) is 0 Å². The predicted molar refractivity (Wildman–Crippen MR) is 116 cm³/mol. The van der Waals surface area contributed by atoms with E-state index in [0.29, 0.717) is 12.1 Å². The molecule has 0 bridgehead atoms. The van der Waals surface area contributed by atoms with E-state index >= 15 is 0 Å². The number of hydrogen-bond acceptors (Lipinski definition) is 3. The lowest BCUT2D eigenvalue weighted by molar-refractivity contribution is -0.122. The molecule has 1 aliphatic carbocycles. The molecule has 5 heteroatoms. The summed E-state index contributed by atoms with van der Waals surface area (Å²) in [5.41, 5.74) is 2.75. The molecule has 1 aliphatic rings. The molecule has 0 radical (unpaired) electrons. The summed E-state index contributed by atoms with van der Waals surface area (Å²) in [5, 5.41) is 5.80.